The van der Waals surface area contributed by atoms with Gasteiger partial charge in [-0.1, -0.05) is 11.6 Å². The van der Waals surface area contributed by atoms with Crippen molar-refractivity contribution in [2.45, 2.75) is 38.2 Å². The van der Waals surface area contributed by atoms with Crippen LogP contribution in [0.1, 0.15) is 41.6 Å². The zero-order valence-corrected chi connectivity index (χ0v) is 21.2. The predicted molar refractivity (Wildman–Crippen MR) is 134 cm³/mol. The third-order valence-electron chi connectivity index (χ3n) is 6.69. The van der Waals surface area contributed by atoms with E-state index in [1.807, 2.05) is 17.9 Å². The number of carbonyl (C=O) groups excluding carboxylic acids is 2. The molecule has 2 fully saturated rings. The van der Waals surface area contributed by atoms with Crippen molar-refractivity contribution >= 4 is 23.4 Å². The quantitative estimate of drug-likeness (QED) is 0.565. The molecule has 0 spiro atoms. The van der Waals surface area contributed by atoms with E-state index in [1.54, 1.807) is 48.4 Å². The molecule has 4 rings (SSSR count). The van der Waals surface area contributed by atoms with Crippen molar-refractivity contribution in [3.8, 4) is 11.5 Å². The predicted octanol–water partition coefficient (Wildman–Crippen LogP) is 4.35. The van der Waals surface area contributed by atoms with Crippen molar-refractivity contribution < 1.29 is 23.8 Å². The summed E-state index contributed by atoms with van der Waals surface area (Å²) in [5.74, 6) is 1.28. The topological polar surface area (TPSA) is 68.3 Å². The Labute approximate surface area is 211 Å². The third-order valence-corrected chi connectivity index (χ3v) is 7.11. The van der Waals surface area contributed by atoms with Gasteiger partial charge in [0.05, 0.1) is 26.7 Å². The minimum absolute atomic E-state index is 0.0410. The molecule has 188 valence electrons. The molecular formula is C27H33ClN2O5. The highest BCUT2D eigenvalue weighted by Gasteiger charge is 2.42. The Morgan fingerprint density at radius 3 is 2.40 bits per heavy atom. The zero-order chi connectivity index (χ0) is 24.8. The van der Waals surface area contributed by atoms with E-state index in [2.05, 4.69) is 0 Å². The van der Waals surface area contributed by atoms with Crippen molar-refractivity contribution in [1.82, 2.24) is 9.80 Å². The number of amides is 2. The van der Waals surface area contributed by atoms with Crippen LogP contribution in [0, 0.1) is 6.92 Å². The molecular weight excluding hydrogens is 468 g/mol. The van der Waals surface area contributed by atoms with Gasteiger partial charge < -0.3 is 24.0 Å². The molecule has 0 aromatic heterocycles. The van der Waals surface area contributed by atoms with Crippen LogP contribution < -0.4 is 9.47 Å². The van der Waals surface area contributed by atoms with Gasteiger partial charge in [-0.2, -0.15) is 0 Å². The molecule has 2 heterocycles. The normalized spacial score (nSPS) is 20.4. The molecule has 0 N–H and O–H groups in total. The first-order valence-electron chi connectivity index (χ1n) is 12.1. The van der Waals surface area contributed by atoms with Crippen LogP contribution in [0.15, 0.2) is 42.5 Å². The minimum atomic E-state index is -0.942. The van der Waals surface area contributed by atoms with Gasteiger partial charge in [0.25, 0.3) is 5.91 Å². The maximum Gasteiger partial charge on any atom is 0.254 e. The van der Waals surface area contributed by atoms with E-state index in [9.17, 15) is 9.59 Å². The van der Waals surface area contributed by atoms with Crippen molar-refractivity contribution in [2.24, 2.45) is 0 Å². The third kappa shape index (κ3) is 6.27. The van der Waals surface area contributed by atoms with Crippen LogP contribution >= 0.6 is 11.6 Å². The average molecular weight is 501 g/mol. The van der Waals surface area contributed by atoms with Crippen molar-refractivity contribution in [3.05, 3.63) is 58.6 Å². The standard InChI is InChI=1S/C27H33ClN2O5/c1-20-16-23(10-11-24(20)28)34-19-27(17-25(31)29-12-4-3-5-13-29)18-30(14-15-35-27)26(32)21-6-8-22(33-2)9-7-21/h6-11,16H,3-5,12-15,17-19H2,1-2H3. The first kappa shape index (κ1) is 25.3. The molecule has 1 atom stereocenters. The smallest absolute Gasteiger partial charge is 0.254 e. The maximum absolute atomic E-state index is 13.3. The average Bonchev–Trinajstić information content (AvgIpc) is 2.89. The minimum Gasteiger partial charge on any atom is -0.497 e. The highest BCUT2D eigenvalue weighted by atomic mass is 35.5. The summed E-state index contributed by atoms with van der Waals surface area (Å²) in [7, 11) is 1.59. The second-order valence-corrected chi connectivity index (χ2v) is 9.71. The van der Waals surface area contributed by atoms with Gasteiger partial charge in [-0.3, -0.25) is 9.59 Å². The molecule has 0 bridgehead atoms. The highest BCUT2D eigenvalue weighted by Crippen LogP contribution is 2.28. The summed E-state index contributed by atoms with van der Waals surface area (Å²) >= 11 is 6.16. The van der Waals surface area contributed by atoms with Crippen LogP contribution in [-0.4, -0.2) is 73.7 Å². The molecule has 0 saturated carbocycles. The number of methoxy groups -OCH3 is 1. The first-order chi connectivity index (χ1) is 16.9. The zero-order valence-electron chi connectivity index (χ0n) is 20.4. The van der Waals surface area contributed by atoms with Crippen LogP contribution in [0.4, 0.5) is 0 Å². The summed E-state index contributed by atoms with van der Waals surface area (Å²) in [5.41, 5.74) is 0.532. The molecule has 1 unspecified atom stereocenters. The lowest BCUT2D eigenvalue weighted by molar-refractivity contribution is -0.153. The fraction of sp³-hybridized carbons (Fsp3) is 0.481. The number of benzene rings is 2. The molecule has 2 saturated heterocycles. The number of piperidine rings is 1. The molecule has 2 aromatic carbocycles. The van der Waals surface area contributed by atoms with E-state index in [0.29, 0.717) is 35.2 Å². The molecule has 7 nitrogen and oxygen atoms in total. The van der Waals surface area contributed by atoms with E-state index < -0.39 is 5.60 Å². The SMILES string of the molecule is COc1ccc(C(=O)N2CCOC(COc3ccc(Cl)c(C)c3)(CC(=O)N3CCCCC3)C2)cc1. The van der Waals surface area contributed by atoms with Gasteiger partial charge in [0, 0.05) is 30.2 Å². The van der Waals surface area contributed by atoms with Crippen LogP contribution in [0.2, 0.25) is 5.02 Å². The Morgan fingerprint density at radius 2 is 1.71 bits per heavy atom. The van der Waals surface area contributed by atoms with E-state index in [4.69, 9.17) is 25.8 Å². The lowest BCUT2D eigenvalue weighted by atomic mass is 9.95. The Hall–Kier alpha value is -2.77. The molecule has 35 heavy (non-hydrogen) atoms. The fourth-order valence-corrected chi connectivity index (χ4v) is 4.75. The fourth-order valence-electron chi connectivity index (χ4n) is 4.63. The van der Waals surface area contributed by atoms with Crippen molar-refractivity contribution in [2.75, 3.05) is 46.5 Å². The number of ether oxygens (including phenoxy) is 3. The van der Waals surface area contributed by atoms with Gasteiger partial charge in [-0.05, 0) is 74.2 Å². The second kappa shape index (κ2) is 11.3. The molecule has 2 aliphatic rings. The number of rotatable bonds is 7. The van der Waals surface area contributed by atoms with E-state index in [0.717, 1.165) is 37.9 Å². The maximum atomic E-state index is 13.3. The lowest BCUT2D eigenvalue weighted by Crippen LogP contribution is -2.58. The van der Waals surface area contributed by atoms with Crippen LogP contribution in [0.5, 0.6) is 11.5 Å². The molecule has 0 aliphatic carbocycles. The lowest BCUT2D eigenvalue weighted by Gasteiger charge is -2.43. The number of morpholine rings is 1. The van der Waals surface area contributed by atoms with E-state index >= 15 is 0 Å². The monoisotopic (exact) mass is 500 g/mol. The Bertz CT molecular complexity index is 1040. The Kier molecular flexibility index (Phi) is 8.19. The Morgan fingerprint density at radius 1 is 1.00 bits per heavy atom. The van der Waals surface area contributed by atoms with E-state index in [1.165, 1.54) is 0 Å². The molecule has 8 heteroatoms. The largest absolute Gasteiger partial charge is 0.497 e. The van der Waals surface area contributed by atoms with Crippen LogP contribution in [0.25, 0.3) is 0 Å². The van der Waals surface area contributed by atoms with Crippen molar-refractivity contribution in [3.63, 3.8) is 0 Å². The molecule has 2 amide bonds. The van der Waals surface area contributed by atoms with E-state index in [-0.39, 0.29) is 31.4 Å². The number of hydrogen-bond donors (Lipinski definition) is 0. The van der Waals surface area contributed by atoms with Gasteiger partial charge in [-0.15, -0.1) is 0 Å². The number of halogens is 1. The van der Waals surface area contributed by atoms with Crippen LogP contribution in [-0.2, 0) is 9.53 Å². The Balaban J connectivity index is 1.53. The summed E-state index contributed by atoms with van der Waals surface area (Å²) in [4.78, 5) is 30.2. The van der Waals surface area contributed by atoms with Gasteiger partial charge in [0.1, 0.15) is 23.7 Å². The summed E-state index contributed by atoms with van der Waals surface area (Å²) in [6.45, 7) is 4.64. The second-order valence-electron chi connectivity index (χ2n) is 9.30. The molecule has 0 radical (unpaired) electrons. The summed E-state index contributed by atoms with van der Waals surface area (Å²) in [6, 6.07) is 12.5. The molecule has 2 aromatic rings. The number of carbonyl (C=O) groups is 2. The molecule has 2 aliphatic heterocycles. The first-order valence-corrected chi connectivity index (χ1v) is 12.5. The van der Waals surface area contributed by atoms with Gasteiger partial charge in [0.15, 0.2) is 0 Å². The van der Waals surface area contributed by atoms with Crippen LogP contribution in [0.3, 0.4) is 0 Å². The summed E-state index contributed by atoms with van der Waals surface area (Å²) < 4.78 is 17.6. The number of likely N-dealkylation sites (tertiary alicyclic amines) is 1. The van der Waals surface area contributed by atoms with Gasteiger partial charge in [0.2, 0.25) is 5.91 Å². The summed E-state index contributed by atoms with van der Waals surface area (Å²) in [5, 5.41) is 0.664. The van der Waals surface area contributed by atoms with Crippen molar-refractivity contribution in [1.29, 1.82) is 0 Å². The number of aryl methyl sites for hydroxylation is 1. The number of hydrogen-bond acceptors (Lipinski definition) is 5. The van der Waals surface area contributed by atoms with Gasteiger partial charge in [-0.25, -0.2) is 0 Å². The summed E-state index contributed by atoms with van der Waals surface area (Å²) in [6.07, 6.45) is 3.34. The highest BCUT2D eigenvalue weighted by molar-refractivity contribution is 6.31. The number of nitrogens with zero attached hydrogens (tertiary/aromatic N) is 2. The van der Waals surface area contributed by atoms with Gasteiger partial charge >= 0.3 is 0 Å².